The minimum Gasteiger partial charge on any atom is -0.375 e. The fourth-order valence-corrected chi connectivity index (χ4v) is 6.97. The van der Waals surface area contributed by atoms with Crippen LogP contribution in [0.2, 0.25) is 0 Å². The Morgan fingerprint density at radius 1 is 1.25 bits per heavy atom. The number of ether oxygens (including phenoxy) is 1. The van der Waals surface area contributed by atoms with Crippen molar-refractivity contribution in [1.29, 1.82) is 0 Å². The van der Waals surface area contributed by atoms with Crippen molar-refractivity contribution in [2.24, 2.45) is 0 Å². The van der Waals surface area contributed by atoms with Crippen LogP contribution in [-0.2, 0) is 16.6 Å². The van der Waals surface area contributed by atoms with Crippen LogP contribution in [0.3, 0.4) is 0 Å². The lowest BCUT2D eigenvalue weighted by Gasteiger charge is -2.43. The van der Waals surface area contributed by atoms with Gasteiger partial charge in [0, 0.05) is 29.4 Å². The smallest absolute Gasteiger partial charge is 0.258 e. The van der Waals surface area contributed by atoms with Crippen molar-refractivity contribution < 1.29 is 4.74 Å². The van der Waals surface area contributed by atoms with E-state index >= 15 is 0 Å². The van der Waals surface area contributed by atoms with Gasteiger partial charge in [-0.3, -0.25) is 9.36 Å². The van der Waals surface area contributed by atoms with E-state index in [4.69, 9.17) is 9.72 Å². The predicted octanol–water partition coefficient (Wildman–Crippen LogP) is 6.08. The molecule has 170 valence electrons. The fourth-order valence-electron chi connectivity index (χ4n) is 6.18. The van der Waals surface area contributed by atoms with E-state index in [0.29, 0.717) is 6.61 Å². The van der Waals surface area contributed by atoms with E-state index in [9.17, 15) is 4.79 Å². The topological polar surface area (TPSA) is 44.1 Å². The highest BCUT2D eigenvalue weighted by Gasteiger charge is 2.44. The number of hydrogen-bond donors (Lipinski definition) is 0. The number of aromatic nitrogens is 2. The zero-order chi connectivity index (χ0) is 22.3. The lowest BCUT2D eigenvalue weighted by Crippen LogP contribution is -2.45. The molecule has 1 aliphatic heterocycles. The van der Waals surface area contributed by atoms with Gasteiger partial charge in [0.05, 0.1) is 16.9 Å². The molecule has 2 heterocycles. The van der Waals surface area contributed by atoms with E-state index in [1.807, 2.05) is 10.6 Å². The SMILES string of the molecule is C=CCSc1nc2c(c(=O)n1C1CCOC(C)(C)C1)C1(CCCCC1)Cc1ccccc1-2. The lowest BCUT2D eigenvalue weighted by molar-refractivity contribution is -0.0710. The molecule has 0 radical (unpaired) electrons. The summed E-state index contributed by atoms with van der Waals surface area (Å²) in [5.41, 5.74) is 4.31. The van der Waals surface area contributed by atoms with Gasteiger partial charge in [0.2, 0.25) is 0 Å². The average Bonchev–Trinajstić information content (AvgIpc) is 2.77. The first-order valence-electron chi connectivity index (χ1n) is 12.1. The van der Waals surface area contributed by atoms with Gasteiger partial charge >= 0.3 is 0 Å². The van der Waals surface area contributed by atoms with E-state index in [1.165, 1.54) is 24.8 Å². The monoisotopic (exact) mass is 450 g/mol. The molecule has 2 aliphatic carbocycles. The summed E-state index contributed by atoms with van der Waals surface area (Å²) in [5.74, 6) is 0.741. The molecule has 1 saturated heterocycles. The molecule has 0 amide bonds. The zero-order valence-corrected chi connectivity index (χ0v) is 20.2. The Kier molecular flexibility index (Phi) is 5.83. The second-order valence-electron chi connectivity index (χ2n) is 10.3. The van der Waals surface area contributed by atoms with Crippen molar-refractivity contribution in [2.75, 3.05) is 12.4 Å². The maximum atomic E-state index is 14.4. The molecule has 1 atom stereocenters. The van der Waals surface area contributed by atoms with E-state index in [1.54, 1.807) is 11.8 Å². The Balaban J connectivity index is 1.75. The van der Waals surface area contributed by atoms with Gasteiger partial charge < -0.3 is 4.74 Å². The fraction of sp³-hybridized carbons (Fsp3) is 0.556. The molecule has 0 bridgehead atoms. The van der Waals surface area contributed by atoms with E-state index in [2.05, 4.69) is 44.7 Å². The summed E-state index contributed by atoms with van der Waals surface area (Å²) >= 11 is 1.63. The molecule has 5 rings (SSSR count). The van der Waals surface area contributed by atoms with Crippen molar-refractivity contribution in [2.45, 2.75) is 87.4 Å². The van der Waals surface area contributed by atoms with Crippen molar-refractivity contribution in [3.63, 3.8) is 0 Å². The third-order valence-electron chi connectivity index (χ3n) is 7.59. The molecule has 1 saturated carbocycles. The van der Waals surface area contributed by atoms with E-state index < -0.39 is 0 Å². The molecule has 1 spiro atoms. The summed E-state index contributed by atoms with van der Waals surface area (Å²) in [5, 5.41) is 0.832. The molecule has 4 nitrogen and oxygen atoms in total. The predicted molar refractivity (Wildman–Crippen MR) is 132 cm³/mol. The van der Waals surface area contributed by atoms with Gasteiger partial charge in [0.1, 0.15) is 0 Å². The first-order chi connectivity index (χ1) is 15.4. The molecule has 0 N–H and O–H groups in total. The molecule has 5 heteroatoms. The van der Waals surface area contributed by atoms with Crippen LogP contribution in [0.15, 0.2) is 46.9 Å². The standard InChI is InChI=1S/C27H34N2O2S/c1-4-16-32-25-28-23-21-11-7-6-10-19(21)17-27(13-8-5-9-14-27)22(23)24(30)29(25)20-12-15-31-26(2,3)18-20/h4,6-7,10-11,20H,1,5,8-9,12-18H2,2-3H3. The summed E-state index contributed by atoms with van der Waals surface area (Å²) in [4.78, 5) is 19.7. The van der Waals surface area contributed by atoms with Gasteiger partial charge in [-0.25, -0.2) is 4.98 Å². The third-order valence-corrected chi connectivity index (χ3v) is 8.54. The molecular weight excluding hydrogens is 416 g/mol. The average molecular weight is 451 g/mol. The van der Waals surface area contributed by atoms with Crippen LogP contribution in [-0.4, -0.2) is 27.5 Å². The summed E-state index contributed by atoms with van der Waals surface area (Å²) in [6.45, 7) is 8.84. The zero-order valence-electron chi connectivity index (χ0n) is 19.4. The number of thioether (sulfide) groups is 1. The molecule has 1 aromatic heterocycles. The second kappa shape index (κ2) is 8.49. The Bertz CT molecular complexity index is 1080. The molecule has 1 unspecified atom stereocenters. The quantitative estimate of drug-likeness (QED) is 0.322. The third kappa shape index (κ3) is 3.77. The molecule has 1 aromatic carbocycles. The highest BCUT2D eigenvalue weighted by atomic mass is 32.2. The number of benzene rings is 1. The largest absolute Gasteiger partial charge is 0.375 e. The van der Waals surface area contributed by atoms with Gasteiger partial charge in [0.25, 0.3) is 5.56 Å². The first kappa shape index (κ1) is 22.0. The molecule has 3 aliphatic rings. The van der Waals surface area contributed by atoms with E-state index in [-0.39, 0.29) is 22.6 Å². The van der Waals surface area contributed by atoms with Gasteiger partial charge in [-0.15, -0.1) is 6.58 Å². The van der Waals surface area contributed by atoms with Crippen molar-refractivity contribution in [3.05, 3.63) is 58.4 Å². The number of hydrogen-bond acceptors (Lipinski definition) is 4. The van der Waals surface area contributed by atoms with Crippen LogP contribution < -0.4 is 5.56 Å². The van der Waals surface area contributed by atoms with E-state index in [0.717, 1.165) is 59.8 Å². The Labute approximate surface area is 195 Å². The molecule has 2 aromatic rings. The van der Waals surface area contributed by atoms with Gasteiger partial charge in [-0.1, -0.05) is 61.4 Å². The normalized spacial score (nSPS) is 23.4. The maximum absolute atomic E-state index is 14.4. The highest BCUT2D eigenvalue weighted by Crippen LogP contribution is 2.49. The van der Waals surface area contributed by atoms with Gasteiger partial charge in [0.15, 0.2) is 5.16 Å². The first-order valence-corrected chi connectivity index (χ1v) is 13.1. The minimum atomic E-state index is -0.228. The molecular formula is C27H34N2O2S. The molecule has 32 heavy (non-hydrogen) atoms. The number of rotatable bonds is 4. The number of nitrogens with zero attached hydrogens (tertiary/aromatic N) is 2. The summed E-state index contributed by atoms with van der Waals surface area (Å²) in [6.07, 6.45) is 10.4. The Morgan fingerprint density at radius 2 is 2.03 bits per heavy atom. The van der Waals surface area contributed by atoms with Crippen molar-refractivity contribution in [3.8, 4) is 11.3 Å². The summed E-state index contributed by atoms with van der Waals surface area (Å²) < 4.78 is 8.03. The van der Waals surface area contributed by atoms with Crippen LogP contribution in [0.4, 0.5) is 0 Å². The lowest BCUT2D eigenvalue weighted by atomic mass is 9.62. The molecule has 2 fully saturated rings. The van der Waals surface area contributed by atoms with Crippen molar-refractivity contribution in [1.82, 2.24) is 9.55 Å². The van der Waals surface area contributed by atoms with Crippen molar-refractivity contribution >= 4 is 11.8 Å². The van der Waals surface area contributed by atoms with Crippen LogP contribution in [0, 0.1) is 0 Å². The van der Waals surface area contributed by atoms with Crippen LogP contribution in [0.1, 0.15) is 76.0 Å². The van der Waals surface area contributed by atoms with Crippen LogP contribution >= 0.6 is 11.8 Å². The Morgan fingerprint density at radius 3 is 2.78 bits per heavy atom. The number of fused-ring (bicyclic) bond motifs is 4. The van der Waals surface area contributed by atoms with Crippen LogP contribution in [0.25, 0.3) is 11.3 Å². The summed E-state index contributed by atoms with van der Waals surface area (Å²) in [7, 11) is 0. The Hall–Kier alpha value is -1.85. The highest BCUT2D eigenvalue weighted by molar-refractivity contribution is 7.99. The second-order valence-corrected chi connectivity index (χ2v) is 11.3. The minimum absolute atomic E-state index is 0.0733. The maximum Gasteiger partial charge on any atom is 0.258 e. The van der Waals surface area contributed by atoms with Crippen LogP contribution in [0.5, 0.6) is 0 Å². The van der Waals surface area contributed by atoms with Gasteiger partial charge in [-0.05, 0) is 51.5 Å². The summed E-state index contributed by atoms with van der Waals surface area (Å²) in [6, 6.07) is 8.71. The van der Waals surface area contributed by atoms with Gasteiger partial charge in [-0.2, -0.15) is 0 Å².